The maximum absolute atomic E-state index is 12.4. The molecule has 0 unspecified atom stereocenters. The summed E-state index contributed by atoms with van der Waals surface area (Å²) in [5.41, 5.74) is 2.06. The topological polar surface area (TPSA) is 75.0 Å². The summed E-state index contributed by atoms with van der Waals surface area (Å²) < 4.78 is 22.3. The standard InChI is InChI=1S/C24H30O6/c1-15(2)9-7-10-17(5)13-14-27-19-11-8-12-20-21(19)22(29-18(6)25)23(24(26)30-20)28-16(3)4/h8-9,11-13,16H,7,10,14H2,1-6H3/b17-13+. The highest BCUT2D eigenvalue weighted by molar-refractivity contribution is 5.93. The third-order valence-corrected chi connectivity index (χ3v) is 4.17. The number of esters is 1. The van der Waals surface area contributed by atoms with Gasteiger partial charge in [-0.2, -0.15) is 0 Å². The average Bonchev–Trinajstić information content (AvgIpc) is 2.63. The lowest BCUT2D eigenvalue weighted by Crippen LogP contribution is -2.16. The molecule has 0 aliphatic heterocycles. The number of rotatable bonds is 9. The Morgan fingerprint density at radius 1 is 1.10 bits per heavy atom. The first-order valence-corrected chi connectivity index (χ1v) is 10.1. The zero-order valence-corrected chi connectivity index (χ0v) is 18.5. The Morgan fingerprint density at radius 3 is 2.47 bits per heavy atom. The van der Waals surface area contributed by atoms with Gasteiger partial charge in [-0.1, -0.05) is 23.3 Å². The van der Waals surface area contributed by atoms with Crippen molar-refractivity contribution in [2.45, 2.75) is 60.5 Å². The van der Waals surface area contributed by atoms with Crippen LogP contribution in [0.1, 0.15) is 54.4 Å². The summed E-state index contributed by atoms with van der Waals surface area (Å²) >= 11 is 0. The lowest BCUT2D eigenvalue weighted by molar-refractivity contribution is -0.131. The fourth-order valence-electron chi connectivity index (χ4n) is 2.84. The number of benzene rings is 1. The molecule has 0 aliphatic rings. The van der Waals surface area contributed by atoms with E-state index in [1.807, 2.05) is 6.08 Å². The van der Waals surface area contributed by atoms with E-state index in [0.29, 0.717) is 17.7 Å². The van der Waals surface area contributed by atoms with Gasteiger partial charge >= 0.3 is 11.6 Å². The number of carbonyl (C=O) groups excluding carboxylic acids is 1. The third-order valence-electron chi connectivity index (χ3n) is 4.17. The summed E-state index contributed by atoms with van der Waals surface area (Å²) in [6, 6.07) is 5.07. The first-order valence-electron chi connectivity index (χ1n) is 10.1. The molecule has 0 saturated carbocycles. The molecule has 0 radical (unpaired) electrons. The monoisotopic (exact) mass is 414 g/mol. The van der Waals surface area contributed by atoms with E-state index in [1.54, 1.807) is 32.0 Å². The molecule has 0 saturated heterocycles. The molecule has 0 atom stereocenters. The zero-order valence-electron chi connectivity index (χ0n) is 18.5. The molecule has 0 fully saturated rings. The smallest absolute Gasteiger partial charge is 0.383 e. The predicted octanol–water partition coefficient (Wildman–Crippen LogP) is 5.58. The van der Waals surface area contributed by atoms with Gasteiger partial charge in [-0.15, -0.1) is 0 Å². The summed E-state index contributed by atoms with van der Waals surface area (Å²) in [5, 5.41) is 0.388. The molecule has 0 spiro atoms. The summed E-state index contributed by atoms with van der Waals surface area (Å²) in [6.07, 6.45) is 5.83. The quantitative estimate of drug-likeness (QED) is 0.303. The van der Waals surface area contributed by atoms with Crippen LogP contribution in [0.3, 0.4) is 0 Å². The minimum absolute atomic E-state index is 0.0160. The van der Waals surface area contributed by atoms with Gasteiger partial charge in [-0.3, -0.25) is 4.79 Å². The Morgan fingerprint density at radius 2 is 1.83 bits per heavy atom. The van der Waals surface area contributed by atoms with Crippen molar-refractivity contribution >= 4 is 16.9 Å². The van der Waals surface area contributed by atoms with Gasteiger partial charge in [-0.05, 0) is 65.7 Å². The van der Waals surface area contributed by atoms with Gasteiger partial charge in [-0.25, -0.2) is 4.79 Å². The van der Waals surface area contributed by atoms with Gasteiger partial charge in [0.25, 0.3) is 0 Å². The van der Waals surface area contributed by atoms with Crippen molar-refractivity contribution in [1.29, 1.82) is 0 Å². The van der Waals surface area contributed by atoms with Crippen LogP contribution in [0, 0.1) is 0 Å². The van der Waals surface area contributed by atoms with Crippen LogP contribution in [0.2, 0.25) is 0 Å². The van der Waals surface area contributed by atoms with Crippen LogP contribution in [0.4, 0.5) is 0 Å². The molecule has 0 N–H and O–H groups in total. The van der Waals surface area contributed by atoms with E-state index in [4.69, 9.17) is 18.6 Å². The Kier molecular flexibility index (Phi) is 8.27. The van der Waals surface area contributed by atoms with Crippen LogP contribution in [0.5, 0.6) is 17.2 Å². The Labute approximate surface area is 177 Å². The molecule has 1 aromatic carbocycles. The van der Waals surface area contributed by atoms with Gasteiger partial charge in [0.15, 0.2) is 5.75 Å². The van der Waals surface area contributed by atoms with E-state index in [2.05, 4.69) is 26.8 Å². The number of ether oxygens (including phenoxy) is 3. The van der Waals surface area contributed by atoms with Crippen molar-refractivity contribution < 1.29 is 23.4 Å². The summed E-state index contributed by atoms with van der Waals surface area (Å²) in [6.45, 7) is 11.4. The molecule has 162 valence electrons. The van der Waals surface area contributed by atoms with E-state index >= 15 is 0 Å². The lowest BCUT2D eigenvalue weighted by atomic mass is 10.1. The molecule has 2 rings (SSSR count). The van der Waals surface area contributed by atoms with E-state index in [1.165, 1.54) is 18.1 Å². The van der Waals surface area contributed by atoms with E-state index < -0.39 is 11.6 Å². The normalized spacial score (nSPS) is 11.5. The van der Waals surface area contributed by atoms with E-state index in [-0.39, 0.29) is 23.2 Å². The largest absolute Gasteiger partial charge is 0.489 e. The fraction of sp³-hybridized carbons (Fsp3) is 0.417. The first-order chi connectivity index (χ1) is 14.2. The highest BCUT2D eigenvalue weighted by atomic mass is 16.6. The van der Waals surface area contributed by atoms with E-state index in [9.17, 15) is 9.59 Å². The lowest BCUT2D eigenvalue weighted by Gasteiger charge is -2.16. The second-order valence-corrected chi connectivity index (χ2v) is 7.62. The van der Waals surface area contributed by atoms with Crippen LogP contribution in [-0.4, -0.2) is 18.7 Å². The highest BCUT2D eigenvalue weighted by Crippen LogP contribution is 2.39. The number of fused-ring (bicyclic) bond motifs is 1. The minimum atomic E-state index is -0.709. The van der Waals surface area contributed by atoms with Crippen LogP contribution in [0.25, 0.3) is 11.0 Å². The van der Waals surface area contributed by atoms with Gasteiger partial charge in [0.05, 0.1) is 6.10 Å². The van der Waals surface area contributed by atoms with Crippen molar-refractivity contribution in [3.63, 3.8) is 0 Å². The maximum Gasteiger partial charge on any atom is 0.383 e. The Hall–Kier alpha value is -3.02. The molecular formula is C24H30O6. The summed E-state index contributed by atoms with van der Waals surface area (Å²) in [5.74, 6) is -0.255. The Bertz CT molecular complexity index is 1010. The average molecular weight is 414 g/mol. The Balaban J connectivity index is 2.39. The number of allylic oxidation sites excluding steroid dienone is 3. The van der Waals surface area contributed by atoms with Crippen LogP contribution in [0.15, 0.2) is 50.7 Å². The van der Waals surface area contributed by atoms with Crippen molar-refractivity contribution in [2.24, 2.45) is 0 Å². The van der Waals surface area contributed by atoms with Crippen molar-refractivity contribution in [1.82, 2.24) is 0 Å². The fourth-order valence-corrected chi connectivity index (χ4v) is 2.84. The molecule has 6 heteroatoms. The molecular weight excluding hydrogens is 384 g/mol. The second-order valence-electron chi connectivity index (χ2n) is 7.62. The number of hydrogen-bond donors (Lipinski definition) is 0. The van der Waals surface area contributed by atoms with Crippen LogP contribution >= 0.6 is 0 Å². The molecule has 1 heterocycles. The second kappa shape index (κ2) is 10.7. The molecule has 6 nitrogen and oxygen atoms in total. The first kappa shape index (κ1) is 23.3. The summed E-state index contributed by atoms with van der Waals surface area (Å²) in [7, 11) is 0. The molecule has 30 heavy (non-hydrogen) atoms. The maximum atomic E-state index is 12.4. The SMILES string of the molecule is CC(=O)Oc1c(OC(C)C)c(=O)oc2cccc(OC/C=C(\C)CCC=C(C)C)c12. The number of carbonyl (C=O) groups is 1. The van der Waals surface area contributed by atoms with E-state index in [0.717, 1.165) is 12.8 Å². The zero-order chi connectivity index (χ0) is 22.3. The molecule has 0 amide bonds. The van der Waals surface area contributed by atoms with Gasteiger partial charge in [0, 0.05) is 6.92 Å². The van der Waals surface area contributed by atoms with Crippen LogP contribution < -0.4 is 19.8 Å². The number of hydrogen-bond acceptors (Lipinski definition) is 6. The van der Waals surface area contributed by atoms with Gasteiger partial charge < -0.3 is 18.6 Å². The van der Waals surface area contributed by atoms with Crippen molar-refractivity contribution in [3.8, 4) is 17.2 Å². The minimum Gasteiger partial charge on any atom is -0.489 e. The molecule has 0 aliphatic carbocycles. The summed E-state index contributed by atoms with van der Waals surface area (Å²) in [4.78, 5) is 24.1. The van der Waals surface area contributed by atoms with Gasteiger partial charge in [0.1, 0.15) is 23.3 Å². The molecule has 1 aromatic heterocycles. The van der Waals surface area contributed by atoms with Crippen molar-refractivity contribution in [3.05, 3.63) is 51.9 Å². The highest BCUT2D eigenvalue weighted by Gasteiger charge is 2.23. The van der Waals surface area contributed by atoms with Crippen LogP contribution in [-0.2, 0) is 4.79 Å². The van der Waals surface area contributed by atoms with Gasteiger partial charge in [0.2, 0.25) is 5.75 Å². The third kappa shape index (κ3) is 6.51. The molecule has 0 bridgehead atoms. The molecule has 2 aromatic rings. The van der Waals surface area contributed by atoms with Crippen molar-refractivity contribution in [2.75, 3.05) is 6.61 Å². The predicted molar refractivity (Wildman–Crippen MR) is 117 cm³/mol.